The summed E-state index contributed by atoms with van der Waals surface area (Å²) in [5.41, 5.74) is 3.60. The molecule has 2 nitrogen and oxygen atoms in total. The zero-order chi connectivity index (χ0) is 14.2. The summed E-state index contributed by atoms with van der Waals surface area (Å²) in [6.07, 6.45) is 11.6. The van der Waals surface area contributed by atoms with Crippen molar-refractivity contribution in [1.82, 2.24) is 9.97 Å². The van der Waals surface area contributed by atoms with E-state index in [9.17, 15) is 0 Å². The standard InChI is InChI=1S/C18H24N2/c1-3-4-5-6-7-8-16-13-19-18(20-14-16)17-11-9-15(2)10-12-17/h9-14H,3-8H2,1-2H3. The zero-order valence-corrected chi connectivity index (χ0v) is 12.6. The average molecular weight is 268 g/mol. The van der Waals surface area contributed by atoms with Gasteiger partial charge in [0.05, 0.1) is 0 Å². The number of aryl methyl sites for hydroxylation is 2. The van der Waals surface area contributed by atoms with E-state index in [1.807, 2.05) is 12.4 Å². The number of nitrogens with zero attached hydrogens (tertiary/aromatic N) is 2. The molecule has 0 spiro atoms. The minimum atomic E-state index is 0.819. The van der Waals surface area contributed by atoms with Crippen LogP contribution in [0.4, 0.5) is 0 Å². The third-order valence-electron chi connectivity index (χ3n) is 3.58. The van der Waals surface area contributed by atoms with Gasteiger partial charge in [-0.05, 0) is 25.3 Å². The third-order valence-corrected chi connectivity index (χ3v) is 3.58. The molecule has 0 saturated carbocycles. The summed E-state index contributed by atoms with van der Waals surface area (Å²) in [4.78, 5) is 8.97. The van der Waals surface area contributed by atoms with Crippen molar-refractivity contribution in [2.24, 2.45) is 0 Å². The Morgan fingerprint density at radius 3 is 2.15 bits per heavy atom. The summed E-state index contributed by atoms with van der Waals surface area (Å²) in [5, 5.41) is 0. The Labute approximate surface area is 122 Å². The van der Waals surface area contributed by atoms with E-state index in [2.05, 4.69) is 48.1 Å². The number of hydrogen-bond acceptors (Lipinski definition) is 2. The molecule has 1 aromatic heterocycles. The maximum atomic E-state index is 4.48. The Morgan fingerprint density at radius 2 is 1.50 bits per heavy atom. The van der Waals surface area contributed by atoms with Crippen molar-refractivity contribution >= 4 is 0 Å². The molecule has 0 N–H and O–H groups in total. The van der Waals surface area contributed by atoms with Gasteiger partial charge < -0.3 is 0 Å². The first-order chi connectivity index (χ1) is 9.79. The Morgan fingerprint density at radius 1 is 0.850 bits per heavy atom. The highest BCUT2D eigenvalue weighted by Gasteiger charge is 2.01. The molecule has 0 aliphatic carbocycles. The van der Waals surface area contributed by atoms with Gasteiger partial charge in [-0.2, -0.15) is 0 Å². The van der Waals surface area contributed by atoms with Crippen LogP contribution in [0.25, 0.3) is 11.4 Å². The van der Waals surface area contributed by atoms with Gasteiger partial charge in [0.1, 0.15) is 0 Å². The van der Waals surface area contributed by atoms with Gasteiger partial charge in [0.15, 0.2) is 5.82 Å². The highest BCUT2D eigenvalue weighted by atomic mass is 14.9. The van der Waals surface area contributed by atoms with Crippen molar-refractivity contribution in [1.29, 1.82) is 0 Å². The lowest BCUT2D eigenvalue weighted by Crippen LogP contribution is -1.93. The summed E-state index contributed by atoms with van der Waals surface area (Å²) in [6, 6.07) is 8.35. The van der Waals surface area contributed by atoms with Crippen molar-refractivity contribution < 1.29 is 0 Å². The Hall–Kier alpha value is -1.70. The molecule has 1 aromatic carbocycles. The molecule has 0 atom stereocenters. The van der Waals surface area contributed by atoms with Crippen LogP contribution < -0.4 is 0 Å². The van der Waals surface area contributed by atoms with Gasteiger partial charge >= 0.3 is 0 Å². The quantitative estimate of drug-likeness (QED) is 0.663. The van der Waals surface area contributed by atoms with Crippen molar-refractivity contribution in [2.45, 2.75) is 52.4 Å². The second kappa shape index (κ2) is 7.78. The lowest BCUT2D eigenvalue weighted by atomic mass is 10.1. The van der Waals surface area contributed by atoms with Crippen molar-refractivity contribution in [3.8, 4) is 11.4 Å². The van der Waals surface area contributed by atoms with Gasteiger partial charge in [0.2, 0.25) is 0 Å². The van der Waals surface area contributed by atoms with Crippen LogP contribution in [-0.2, 0) is 6.42 Å². The molecule has 0 saturated heterocycles. The lowest BCUT2D eigenvalue weighted by Gasteiger charge is -2.03. The number of benzene rings is 1. The van der Waals surface area contributed by atoms with Crippen LogP contribution in [0.15, 0.2) is 36.7 Å². The smallest absolute Gasteiger partial charge is 0.159 e. The fraction of sp³-hybridized carbons (Fsp3) is 0.444. The molecule has 0 bridgehead atoms. The van der Waals surface area contributed by atoms with Crippen LogP contribution in [0.1, 0.15) is 50.2 Å². The SMILES string of the molecule is CCCCCCCc1cnc(-c2ccc(C)cc2)nc1. The van der Waals surface area contributed by atoms with Gasteiger partial charge in [0.25, 0.3) is 0 Å². The van der Waals surface area contributed by atoms with E-state index in [0.29, 0.717) is 0 Å². The van der Waals surface area contributed by atoms with Crippen LogP contribution in [0.3, 0.4) is 0 Å². The Balaban J connectivity index is 1.88. The molecular formula is C18H24N2. The largest absolute Gasteiger partial charge is 0.236 e. The second-order valence-electron chi connectivity index (χ2n) is 5.45. The number of aromatic nitrogens is 2. The minimum Gasteiger partial charge on any atom is -0.236 e. The molecule has 2 aromatic rings. The fourth-order valence-corrected chi connectivity index (χ4v) is 2.27. The molecule has 0 amide bonds. The van der Waals surface area contributed by atoms with Gasteiger partial charge in [0, 0.05) is 18.0 Å². The molecule has 106 valence electrons. The number of hydrogen-bond donors (Lipinski definition) is 0. The number of unbranched alkanes of at least 4 members (excludes halogenated alkanes) is 4. The predicted octanol–water partition coefficient (Wildman–Crippen LogP) is 4.96. The van der Waals surface area contributed by atoms with Crippen LogP contribution in [0.2, 0.25) is 0 Å². The molecular weight excluding hydrogens is 244 g/mol. The summed E-state index contributed by atoms with van der Waals surface area (Å²) in [5.74, 6) is 0.819. The minimum absolute atomic E-state index is 0.819. The molecule has 0 radical (unpaired) electrons. The zero-order valence-electron chi connectivity index (χ0n) is 12.6. The van der Waals surface area contributed by atoms with E-state index in [4.69, 9.17) is 0 Å². The molecule has 0 aliphatic rings. The fourth-order valence-electron chi connectivity index (χ4n) is 2.27. The van der Waals surface area contributed by atoms with E-state index in [-0.39, 0.29) is 0 Å². The van der Waals surface area contributed by atoms with E-state index in [1.54, 1.807) is 0 Å². The predicted molar refractivity (Wildman–Crippen MR) is 84.7 cm³/mol. The highest BCUT2D eigenvalue weighted by molar-refractivity contribution is 5.54. The summed E-state index contributed by atoms with van der Waals surface area (Å²) >= 11 is 0. The maximum absolute atomic E-state index is 4.48. The van der Waals surface area contributed by atoms with E-state index in [1.165, 1.54) is 43.2 Å². The summed E-state index contributed by atoms with van der Waals surface area (Å²) in [6.45, 7) is 4.34. The molecule has 2 heteroatoms. The topological polar surface area (TPSA) is 25.8 Å². The molecule has 0 aliphatic heterocycles. The van der Waals surface area contributed by atoms with Crippen LogP contribution >= 0.6 is 0 Å². The Kier molecular flexibility index (Phi) is 5.72. The molecule has 20 heavy (non-hydrogen) atoms. The summed E-state index contributed by atoms with van der Waals surface area (Å²) < 4.78 is 0. The first-order valence-corrected chi connectivity index (χ1v) is 7.67. The van der Waals surface area contributed by atoms with E-state index in [0.717, 1.165) is 17.8 Å². The number of rotatable bonds is 7. The second-order valence-corrected chi connectivity index (χ2v) is 5.45. The first kappa shape index (κ1) is 14.7. The van der Waals surface area contributed by atoms with Crippen LogP contribution in [-0.4, -0.2) is 9.97 Å². The highest BCUT2D eigenvalue weighted by Crippen LogP contribution is 2.15. The summed E-state index contributed by atoms with van der Waals surface area (Å²) in [7, 11) is 0. The van der Waals surface area contributed by atoms with Gasteiger partial charge in [-0.3, -0.25) is 0 Å². The van der Waals surface area contributed by atoms with Gasteiger partial charge in [-0.15, -0.1) is 0 Å². The van der Waals surface area contributed by atoms with Crippen molar-refractivity contribution in [2.75, 3.05) is 0 Å². The average Bonchev–Trinajstić information content (AvgIpc) is 2.49. The first-order valence-electron chi connectivity index (χ1n) is 7.67. The molecule has 0 unspecified atom stereocenters. The molecule has 1 heterocycles. The van der Waals surface area contributed by atoms with E-state index < -0.39 is 0 Å². The van der Waals surface area contributed by atoms with Gasteiger partial charge in [-0.1, -0.05) is 62.4 Å². The monoisotopic (exact) mass is 268 g/mol. The van der Waals surface area contributed by atoms with Crippen molar-refractivity contribution in [3.63, 3.8) is 0 Å². The molecule has 0 fully saturated rings. The molecule has 2 rings (SSSR count). The lowest BCUT2D eigenvalue weighted by molar-refractivity contribution is 0.631. The maximum Gasteiger partial charge on any atom is 0.159 e. The third kappa shape index (κ3) is 4.44. The Bertz CT molecular complexity index is 500. The van der Waals surface area contributed by atoms with Gasteiger partial charge in [-0.25, -0.2) is 9.97 Å². The van der Waals surface area contributed by atoms with Crippen LogP contribution in [0.5, 0.6) is 0 Å². The van der Waals surface area contributed by atoms with E-state index >= 15 is 0 Å². The van der Waals surface area contributed by atoms with Crippen LogP contribution in [0, 0.1) is 6.92 Å². The van der Waals surface area contributed by atoms with Crippen molar-refractivity contribution in [3.05, 3.63) is 47.8 Å². The normalized spacial score (nSPS) is 10.7.